The molecule has 1 aliphatic rings. The minimum atomic E-state index is -3.46. The van der Waals surface area contributed by atoms with Crippen molar-refractivity contribution in [2.24, 2.45) is 0 Å². The summed E-state index contributed by atoms with van der Waals surface area (Å²) in [6.45, 7) is 5.49. The third-order valence-corrected chi connectivity index (χ3v) is 7.98. The smallest absolute Gasteiger partial charge is 0.250 e. The molecule has 152 valence electrons. The molecule has 8 heteroatoms. The maximum absolute atomic E-state index is 12.4. The van der Waals surface area contributed by atoms with Gasteiger partial charge >= 0.3 is 0 Å². The molecule has 0 radical (unpaired) electrons. The molecule has 1 fully saturated rings. The number of sulfonamides is 1. The number of thiophene rings is 1. The van der Waals surface area contributed by atoms with Crippen molar-refractivity contribution in [3.05, 3.63) is 46.8 Å². The number of nitrogens with zero attached hydrogens (tertiary/aromatic N) is 1. The van der Waals surface area contributed by atoms with E-state index >= 15 is 0 Å². The van der Waals surface area contributed by atoms with E-state index in [0.717, 1.165) is 16.9 Å². The number of hydrogen-bond donors (Lipinski definition) is 1. The molecule has 2 aromatic rings. The molecule has 0 spiro atoms. The summed E-state index contributed by atoms with van der Waals surface area (Å²) in [4.78, 5) is 14.2. The second-order valence-electron chi connectivity index (χ2n) is 7.00. The van der Waals surface area contributed by atoms with E-state index in [0.29, 0.717) is 43.2 Å². The lowest BCUT2D eigenvalue weighted by Gasteiger charge is -2.32. The molecule has 0 bridgehead atoms. The molecule has 2 heterocycles. The molecule has 1 amide bonds. The first-order valence-corrected chi connectivity index (χ1v) is 11.8. The van der Waals surface area contributed by atoms with Gasteiger partial charge in [-0.2, -0.15) is 0 Å². The maximum atomic E-state index is 12.4. The van der Waals surface area contributed by atoms with E-state index in [1.807, 2.05) is 32.0 Å². The second-order valence-corrected chi connectivity index (χ2v) is 9.89. The Morgan fingerprint density at radius 3 is 2.64 bits per heavy atom. The van der Waals surface area contributed by atoms with Crippen LogP contribution < -0.4 is 9.46 Å². The Morgan fingerprint density at radius 1 is 1.21 bits per heavy atom. The van der Waals surface area contributed by atoms with Crippen LogP contribution in [0.25, 0.3) is 0 Å². The third kappa shape index (κ3) is 5.12. The first-order chi connectivity index (χ1) is 13.4. The summed E-state index contributed by atoms with van der Waals surface area (Å²) in [7, 11) is -3.46. The van der Waals surface area contributed by atoms with E-state index in [4.69, 9.17) is 4.74 Å². The summed E-state index contributed by atoms with van der Waals surface area (Å²) in [6.07, 6.45) is 1.56. The zero-order chi connectivity index (χ0) is 20.1. The van der Waals surface area contributed by atoms with E-state index < -0.39 is 10.0 Å². The van der Waals surface area contributed by atoms with Crippen LogP contribution in [0.4, 0.5) is 0 Å². The van der Waals surface area contributed by atoms with Gasteiger partial charge in [-0.1, -0.05) is 18.2 Å². The molecule has 0 atom stereocenters. The van der Waals surface area contributed by atoms with Gasteiger partial charge in [0.25, 0.3) is 0 Å². The summed E-state index contributed by atoms with van der Waals surface area (Å²) in [5.74, 6) is 0.861. The van der Waals surface area contributed by atoms with Gasteiger partial charge in [-0.05, 0) is 55.3 Å². The minimum Gasteiger partial charge on any atom is -0.493 e. The third-order valence-electron chi connectivity index (χ3n) is 5.06. The van der Waals surface area contributed by atoms with Crippen LogP contribution in [0.5, 0.6) is 5.75 Å². The summed E-state index contributed by atoms with van der Waals surface area (Å²) >= 11 is 1.20. The number of likely N-dealkylation sites (tertiary alicyclic amines) is 1. The van der Waals surface area contributed by atoms with Crippen LogP contribution in [0.15, 0.2) is 39.9 Å². The predicted molar refractivity (Wildman–Crippen MR) is 110 cm³/mol. The molecule has 1 N–H and O–H groups in total. The van der Waals surface area contributed by atoms with Crippen LogP contribution in [0.1, 0.15) is 30.4 Å². The van der Waals surface area contributed by atoms with Gasteiger partial charge in [-0.3, -0.25) is 4.79 Å². The van der Waals surface area contributed by atoms with Crippen molar-refractivity contribution in [1.29, 1.82) is 0 Å². The zero-order valence-corrected chi connectivity index (χ0v) is 17.8. The molecule has 3 rings (SSSR count). The first kappa shape index (κ1) is 20.8. The summed E-state index contributed by atoms with van der Waals surface area (Å²) in [5, 5.41) is 1.75. The Labute approximate surface area is 170 Å². The molecule has 0 unspecified atom stereocenters. The van der Waals surface area contributed by atoms with E-state index in [9.17, 15) is 13.2 Å². The fraction of sp³-hybridized carbons (Fsp3) is 0.450. The molecule has 0 aliphatic carbocycles. The molecule has 1 aliphatic heterocycles. The number of ether oxygens (including phenoxy) is 1. The van der Waals surface area contributed by atoms with Crippen LogP contribution in [0.3, 0.4) is 0 Å². The monoisotopic (exact) mass is 422 g/mol. The van der Waals surface area contributed by atoms with Crippen LogP contribution in [-0.4, -0.2) is 45.0 Å². The lowest BCUT2D eigenvalue weighted by molar-refractivity contribution is -0.132. The summed E-state index contributed by atoms with van der Waals surface area (Å²) in [6, 6.07) is 9.08. The van der Waals surface area contributed by atoms with Crippen LogP contribution in [0, 0.1) is 13.8 Å². The lowest BCUT2D eigenvalue weighted by atomic mass is 10.1. The van der Waals surface area contributed by atoms with Crippen molar-refractivity contribution in [3.63, 3.8) is 0 Å². The maximum Gasteiger partial charge on any atom is 0.250 e. The first-order valence-electron chi connectivity index (χ1n) is 9.39. The molecule has 1 aromatic heterocycles. The van der Waals surface area contributed by atoms with E-state index in [1.54, 1.807) is 22.4 Å². The Bertz CT molecular complexity index is 902. The van der Waals surface area contributed by atoms with Crippen LogP contribution in [-0.2, 0) is 14.8 Å². The molecule has 0 saturated carbocycles. The topological polar surface area (TPSA) is 75.7 Å². The Kier molecular flexibility index (Phi) is 6.74. The van der Waals surface area contributed by atoms with Crippen molar-refractivity contribution < 1.29 is 17.9 Å². The van der Waals surface area contributed by atoms with Crippen molar-refractivity contribution in [2.75, 3.05) is 19.7 Å². The number of benzene rings is 1. The van der Waals surface area contributed by atoms with Gasteiger partial charge in [0.2, 0.25) is 15.9 Å². The Morgan fingerprint density at radius 2 is 1.96 bits per heavy atom. The highest BCUT2D eigenvalue weighted by Gasteiger charge is 2.27. The fourth-order valence-electron chi connectivity index (χ4n) is 3.23. The predicted octanol–water partition coefficient (Wildman–Crippen LogP) is 3.10. The highest BCUT2D eigenvalue weighted by molar-refractivity contribution is 7.91. The number of carbonyl (C=O) groups is 1. The van der Waals surface area contributed by atoms with Crippen molar-refractivity contribution in [1.82, 2.24) is 9.62 Å². The average Bonchev–Trinajstić information content (AvgIpc) is 3.21. The van der Waals surface area contributed by atoms with Gasteiger partial charge in [0.05, 0.1) is 13.0 Å². The van der Waals surface area contributed by atoms with E-state index in [-0.39, 0.29) is 11.9 Å². The highest BCUT2D eigenvalue weighted by atomic mass is 32.2. The second kappa shape index (κ2) is 9.07. The van der Waals surface area contributed by atoms with Crippen molar-refractivity contribution in [3.8, 4) is 5.75 Å². The van der Waals surface area contributed by atoms with Gasteiger partial charge in [-0.25, -0.2) is 13.1 Å². The SMILES string of the molecule is Cc1cccc(OCCC(=O)N2CCC(NS(=O)(=O)c3cccs3)CC2)c1C. The highest BCUT2D eigenvalue weighted by Crippen LogP contribution is 2.21. The number of nitrogens with one attached hydrogen (secondary N) is 1. The standard InChI is InChI=1S/C20H26N2O4S2/c1-15-5-3-6-18(16(15)2)26-13-10-19(23)22-11-8-17(9-12-22)21-28(24,25)20-7-4-14-27-20/h3-7,14,17,21H,8-13H2,1-2H3. The molecule has 28 heavy (non-hydrogen) atoms. The number of amides is 1. The fourth-order valence-corrected chi connectivity index (χ4v) is 5.54. The Hall–Kier alpha value is -1.90. The van der Waals surface area contributed by atoms with Gasteiger partial charge in [0.15, 0.2) is 0 Å². The largest absolute Gasteiger partial charge is 0.493 e. The zero-order valence-electron chi connectivity index (χ0n) is 16.2. The van der Waals surface area contributed by atoms with Gasteiger partial charge in [0.1, 0.15) is 9.96 Å². The van der Waals surface area contributed by atoms with Crippen LogP contribution in [0.2, 0.25) is 0 Å². The number of piperidine rings is 1. The lowest BCUT2D eigenvalue weighted by Crippen LogP contribution is -2.46. The molecule has 1 saturated heterocycles. The van der Waals surface area contributed by atoms with E-state index in [2.05, 4.69) is 4.72 Å². The molecular formula is C20H26N2O4S2. The number of carbonyl (C=O) groups excluding carboxylic acids is 1. The van der Waals surface area contributed by atoms with E-state index in [1.165, 1.54) is 11.3 Å². The average molecular weight is 423 g/mol. The summed E-state index contributed by atoms with van der Waals surface area (Å²) < 4.78 is 33.5. The van der Waals surface area contributed by atoms with Crippen LogP contribution >= 0.6 is 11.3 Å². The molecule has 6 nitrogen and oxygen atoms in total. The van der Waals surface area contributed by atoms with Crippen molar-refractivity contribution in [2.45, 2.75) is 43.4 Å². The number of rotatable bonds is 7. The van der Waals surface area contributed by atoms with Gasteiger partial charge in [-0.15, -0.1) is 11.3 Å². The minimum absolute atomic E-state index is 0.0462. The van der Waals surface area contributed by atoms with Crippen molar-refractivity contribution >= 4 is 27.3 Å². The normalized spacial score (nSPS) is 15.6. The van der Waals surface area contributed by atoms with Gasteiger partial charge < -0.3 is 9.64 Å². The number of hydrogen-bond acceptors (Lipinski definition) is 5. The molecule has 1 aromatic carbocycles. The Balaban J connectivity index is 1.43. The number of aryl methyl sites for hydroxylation is 1. The molecular weight excluding hydrogens is 396 g/mol. The quantitative estimate of drug-likeness (QED) is 0.744. The summed E-state index contributed by atoms with van der Waals surface area (Å²) in [5.41, 5.74) is 2.25. The van der Waals surface area contributed by atoms with Gasteiger partial charge in [0, 0.05) is 19.1 Å².